The molecular formula is C22H21F4N3O2. The molecule has 164 valence electrons. The normalized spacial score (nSPS) is 13.6. The summed E-state index contributed by atoms with van der Waals surface area (Å²) in [6, 6.07) is 9.59. The lowest BCUT2D eigenvalue weighted by Crippen LogP contribution is -2.33. The number of carbonyl (C=O) groups excluding carboxylic acids is 1. The van der Waals surface area contributed by atoms with E-state index in [0.29, 0.717) is 12.0 Å². The molecule has 0 saturated carbocycles. The van der Waals surface area contributed by atoms with Gasteiger partial charge in [-0.25, -0.2) is 4.39 Å². The second-order valence-electron chi connectivity index (χ2n) is 7.27. The van der Waals surface area contributed by atoms with E-state index in [-0.39, 0.29) is 35.5 Å². The Hall–Kier alpha value is -3.23. The quantitative estimate of drug-likeness (QED) is 0.509. The van der Waals surface area contributed by atoms with E-state index < -0.39 is 23.6 Å². The lowest BCUT2D eigenvalue weighted by Gasteiger charge is -2.20. The maximum Gasteiger partial charge on any atom is 0.416 e. The first kappa shape index (κ1) is 22.5. The third-order valence-electron chi connectivity index (χ3n) is 4.96. The zero-order valence-corrected chi connectivity index (χ0v) is 16.9. The van der Waals surface area contributed by atoms with E-state index in [1.807, 2.05) is 13.8 Å². The van der Waals surface area contributed by atoms with Crippen LogP contribution in [0.5, 0.6) is 0 Å². The zero-order chi connectivity index (χ0) is 22.6. The van der Waals surface area contributed by atoms with E-state index in [4.69, 9.17) is 4.52 Å². The van der Waals surface area contributed by atoms with Crippen LogP contribution >= 0.6 is 0 Å². The van der Waals surface area contributed by atoms with Crippen molar-refractivity contribution in [2.75, 3.05) is 0 Å². The highest BCUT2D eigenvalue weighted by molar-refractivity contribution is 5.79. The highest BCUT2D eigenvalue weighted by atomic mass is 19.4. The van der Waals surface area contributed by atoms with E-state index in [9.17, 15) is 22.4 Å². The predicted molar refractivity (Wildman–Crippen MR) is 105 cm³/mol. The fourth-order valence-electron chi connectivity index (χ4n) is 3.01. The molecule has 3 aromatic rings. The van der Waals surface area contributed by atoms with Gasteiger partial charge in [0.05, 0.1) is 12.0 Å². The van der Waals surface area contributed by atoms with E-state index in [0.717, 1.165) is 12.1 Å². The van der Waals surface area contributed by atoms with E-state index in [2.05, 4.69) is 15.5 Å². The molecule has 0 fully saturated rings. The van der Waals surface area contributed by atoms with E-state index >= 15 is 0 Å². The number of aromatic nitrogens is 2. The van der Waals surface area contributed by atoms with Crippen LogP contribution in [0.25, 0.3) is 11.4 Å². The van der Waals surface area contributed by atoms with Crippen molar-refractivity contribution in [2.24, 2.45) is 5.92 Å². The zero-order valence-electron chi connectivity index (χ0n) is 16.9. The van der Waals surface area contributed by atoms with Crippen LogP contribution in [0.15, 0.2) is 53.1 Å². The molecule has 1 aromatic heterocycles. The van der Waals surface area contributed by atoms with Crippen molar-refractivity contribution in [1.82, 2.24) is 15.5 Å². The number of nitrogens with zero attached hydrogens (tertiary/aromatic N) is 2. The Labute approximate surface area is 176 Å². The molecule has 2 atom stereocenters. The molecule has 1 N–H and O–H groups in total. The van der Waals surface area contributed by atoms with Crippen LogP contribution in [-0.2, 0) is 17.4 Å². The lowest BCUT2D eigenvalue weighted by molar-refractivity contribution is -0.137. The fourth-order valence-corrected chi connectivity index (χ4v) is 3.01. The van der Waals surface area contributed by atoms with Crippen molar-refractivity contribution in [3.05, 3.63) is 71.4 Å². The molecule has 0 aliphatic rings. The lowest BCUT2D eigenvalue weighted by atomic mass is 9.98. The van der Waals surface area contributed by atoms with Crippen LogP contribution in [0.4, 0.5) is 17.6 Å². The topological polar surface area (TPSA) is 68.0 Å². The summed E-state index contributed by atoms with van der Waals surface area (Å²) in [5.41, 5.74) is -0.0234. The number of rotatable bonds is 7. The Morgan fingerprint density at radius 2 is 1.87 bits per heavy atom. The predicted octanol–water partition coefficient (Wildman–Crippen LogP) is 5.34. The molecule has 2 aromatic carbocycles. The van der Waals surface area contributed by atoms with Crippen molar-refractivity contribution < 1.29 is 26.9 Å². The van der Waals surface area contributed by atoms with Crippen LogP contribution < -0.4 is 5.32 Å². The maximum absolute atomic E-state index is 13.0. The Morgan fingerprint density at radius 1 is 1.16 bits per heavy atom. The molecule has 0 saturated heterocycles. The Bertz CT molecular complexity index is 1030. The van der Waals surface area contributed by atoms with Gasteiger partial charge in [0.25, 0.3) is 0 Å². The summed E-state index contributed by atoms with van der Waals surface area (Å²) in [4.78, 5) is 16.7. The van der Waals surface area contributed by atoms with Crippen LogP contribution in [0.3, 0.4) is 0 Å². The largest absolute Gasteiger partial charge is 0.416 e. The molecule has 3 rings (SSSR count). The number of carbonyl (C=O) groups is 1. The minimum Gasteiger partial charge on any atom is -0.344 e. The van der Waals surface area contributed by atoms with Crippen molar-refractivity contribution in [3.63, 3.8) is 0 Å². The van der Waals surface area contributed by atoms with E-state index in [1.165, 1.54) is 36.4 Å². The molecule has 0 bridgehead atoms. The number of halogens is 4. The minimum absolute atomic E-state index is 0.00202. The summed E-state index contributed by atoms with van der Waals surface area (Å²) >= 11 is 0. The van der Waals surface area contributed by atoms with Crippen LogP contribution in [0, 0.1) is 11.7 Å². The fraction of sp³-hybridized carbons (Fsp3) is 0.318. The third-order valence-corrected chi connectivity index (χ3v) is 4.96. The Balaban J connectivity index is 1.80. The average Bonchev–Trinajstić information content (AvgIpc) is 3.22. The number of amides is 1. The molecule has 0 spiro atoms. The molecule has 5 nitrogen and oxygen atoms in total. The van der Waals surface area contributed by atoms with Crippen LogP contribution in [0.1, 0.15) is 43.3 Å². The summed E-state index contributed by atoms with van der Waals surface area (Å²) in [6.07, 6.45) is -3.78. The summed E-state index contributed by atoms with van der Waals surface area (Å²) < 4.78 is 57.3. The highest BCUT2D eigenvalue weighted by Gasteiger charge is 2.31. The Morgan fingerprint density at radius 3 is 2.52 bits per heavy atom. The summed E-state index contributed by atoms with van der Waals surface area (Å²) in [6.45, 7) is 3.81. The van der Waals surface area contributed by atoms with Gasteiger partial charge in [0.2, 0.25) is 17.6 Å². The third kappa shape index (κ3) is 5.68. The standard InChI is InChI=1S/C22H21F4N3O2/c1-3-13(2)19(27-18(30)11-14-7-9-17(23)10-8-14)21-28-20(29-31-21)15-5-4-6-16(12-15)22(24,25)26/h4-10,12-13,19H,3,11H2,1-2H3,(H,27,30)/t13-,19-/m0/s1. The number of hydrogen-bond acceptors (Lipinski definition) is 4. The molecule has 0 unspecified atom stereocenters. The van der Waals surface area contributed by atoms with Gasteiger partial charge in [-0.3, -0.25) is 4.79 Å². The van der Waals surface area contributed by atoms with Crippen LogP contribution in [0.2, 0.25) is 0 Å². The molecule has 1 amide bonds. The van der Waals surface area contributed by atoms with Crippen molar-refractivity contribution in [1.29, 1.82) is 0 Å². The second-order valence-corrected chi connectivity index (χ2v) is 7.27. The molecule has 0 aliphatic heterocycles. The summed E-state index contributed by atoms with van der Waals surface area (Å²) in [7, 11) is 0. The molecule has 1 heterocycles. The van der Waals surface area contributed by atoms with Gasteiger partial charge >= 0.3 is 6.18 Å². The van der Waals surface area contributed by atoms with Gasteiger partial charge < -0.3 is 9.84 Å². The van der Waals surface area contributed by atoms with Gasteiger partial charge in [0.15, 0.2) is 0 Å². The average molecular weight is 435 g/mol. The van der Waals surface area contributed by atoms with Crippen molar-refractivity contribution in [2.45, 2.75) is 38.9 Å². The van der Waals surface area contributed by atoms with Crippen molar-refractivity contribution in [3.8, 4) is 11.4 Å². The van der Waals surface area contributed by atoms with Crippen molar-refractivity contribution >= 4 is 5.91 Å². The molecule has 31 heavy (non-hydrogen) atoms. The van der Waals surface area contributed by atoms with Gasteiger partial charge in [-0.1, -0.05) is 49.7 Å². The SMILES string of the molecule is CC[C@H](C)[C@H](NC(=O)Cc1ccc(F)cc1)c1nc(-c2cccc(C(F)(F)F)c2)no1. The highest BCUT2D eigenvalue weighted by Crippen LogP contribution is 2.32. The van der Waals surface area contributed by atoms with Gasteiger partial charge in [-0.05, 0) is 35.7 Å². The van der Waals surface area contributed by atoms with E-state index in [1.54, 1.807) is 0 Å². The number of benzene rings is 2. The van der Waals surface area contributed by atoms with Crippen LogP contribution in [-0.4, -0.2) is 16.0 Å². The number of hydrogen-bond donors (Lipinski definition) is 1. The second kappa shape index (κ2) is 9.28. The number of alkyl halides is 3. The molecule has 0 aliphatic carbocycles. The van der Waals surface area contributed by atoms with Gasteiger partial charge in [-0.15, -0.1) is 0 Å². The van der Waals surface area contributed by atoms with Gasteiger partial charge in [0.1, 0.15) is 11.9 Å². The minimum atomic E-state index is -4.49. The molecular weight excluding hydrogens is 414 g/mol. The smallest absolute Gasteiger partial charge is 0.344 e. The number of nitrogens with one attached hydrogen (secondary N) is 1. The summed E-state index contributed by atoms with van der Waals surface area (Å²) in [5, 5.41) is 6.64. The maximum atomic E-state index is 13.0. The first-order valence-electron chi connectivity index (χ1n) is 9.72. The monoisotopic (exact) mass is 435 g/mol. The Kier molecular flexibility index (Phi) is 6.72. The van der Waals surface area contributed by atoms with Gasteiger partial charge in [-0.2, -0.15) is 18.2 Å². The molecule has 9 heteroatoms. The summed E-state index contributed by atoms with van der Waals surface area (Å²) in [5.74, 6) is -0.686. The first-order chi connectivity index (χ1) is 14.7. The first-order valence-corrected chi connectivity index (χ1v) is 9.72. The van der Waals surface area contributed by atoms with Gasteiger partial charge in [0, 0.05) is 5.56 Å². The molecule has 0 radical (unpaired) electrons.